The lowest BCUT2D eigenvalue weighted by molar-refractivity contribution is -0.140. The van der Waals surface area contributed by atoms with Crippen molar-refractivity contribution in [1.82, 2.24) is 0 Å². The van der Waals surface area contributed by atoms with E-state index >= 15 is 0 Å². The number of rotatable bonds is 3. The van der Waals surface area contributed by atoms with Gasteiger partial charge in [0.05, 0.1) is 11.5 Å². The number of aliphatic carboxylic acids is 1. The van der Waals surface area contributed by atoms with Crippen LogP contribution in [0.1, 0.15) is 19.8 Å². The Morgan fingerprint density at radius 1 is 1.43 bits per heavy atom. The molecule has 0 amide bonds. The van der Waals surface area contributed by atoms with Crippen molar-refractivity contribution in [3.63, 3.8) is 0 Å². The van der Waals surface area contributed by atoms with Crippen molar-refractivity contribution in [3.8, 4) is 0 Å². The summed E-state index contributed by atoms with van der Waals surface area (Å²) in [5.41, 5.74) is 0. The molecular formula is C8H14O4S2. The smallest absolute Gasteiger partial charge is 0.319 e. The fourth-order valence-electron chi connectivity index (χ4n) is 1.56. The van der Waals surface area contributed by atoms with Crippen molar-refractivity contribution in [2.45, 2.75) is 24.5 Å². The molecule has 6 heteroatoms. The van der Waals surface area contributed by atoms with Crippen molar-refractivity contribution in [2.24, 2.45) is 0 Å². The molecule has 1 saturated heterocycles. The van der Waals surface area contributed by atoms with E-state index in [0.717, 1.165) is 0 Å². The molecule has 0 aromatic rings. The second-order valence-corrected chi connectivity index (χ2v) is 7.34. The SMILES string of the molecule is CCSC1(C(=O)O)CCS(=O)(=O)CC1. The van der Waals surface area contributed by atoms with Gasteiger partial charge in [0.25, 0.3) is 0 Å². The molecule has 0 radical (unpaired) electrons. The Hall–Kier alpha value is -0.230. The van der Waals surface area contributed by atoms with Crippen LogP contribution in [0.4, 0.5) is 0 Å². The standard InChI is InChI=1S/C8H14O4S2/c1-2-13-8(7(9)10)3-5-14(11,12)6-4-8/h2-6H2,1H3,(H,9,10). The van der Waals surface area contributed by atoms with E-state index < -0.39 is 20.6 Å². The quantitative estimate of drug-likeness (QED) is 0.786. The van der Waals surface area contributed by atoms with Crippen molar-refractivity contribution in [2.75, 3.05) is 17.3 Å². The van der Waals surface area contributed by atoms with Gasteiger partial charge < -0.3 is 5.11 Å². The molecule has 0 aromatic heterocycles. The van der Waals surface area contributed by atoms with Gasteiger partial charge in [0, 0.05) is 0 Å². The summed E-state index contributed by atoms with van der Waals surface area (Å²) in [7, 11) is -2.98. The van der Waals surface area contributed by atoms with Gasteiger partial charge in [0.2, 0.25) is 0 Å². The van der Waals surface area contributed by atoms with Crippen molar-refractivity contribution in [3.05, 3.63) is 0 Å². The zero-order valence-electron chi connectivity index (χ0n) is 8.02. The van der Waals surface area contributed by atoms with Crippen LogP contribution in [-0.2, 0) is 14.6 Å². The lowest BCUT2D eigenvalue weighted by Gasteiger charge is -2.31. The molecule has 82 valence electrons. The Morgan fingerprint density at radius 3 is 2.29 bits per heavy atom. The molecule has 0 aromatic carbocycles. The third kappa shape index (κ3) is 2.42. The maximum Gasteiger partial charge on any atom is 0.319 e. The molecule has 0 bridgehead atoms. The largest absolute Gasteiger partial charge is 0.480 e. The molecule has 0 saturated carbocycles. The summed E-state index contributed by atoms with van der Waals surface area (Å²) in [4.78, 5) is 11.1. The molecular weight excluding hydrogens is 224 g/mol. The van der Waals surface area contributed by atoms with Crippen molar-refractivity contribution < 1.29 is 18.3 Å². The third-order valence-corrected chi connectivity index (χ3v) is 5.52. The van der Waals surface area contributed by atoms with E-state index in [1.54, 1.807) is 0 Å². The third-order valence-electron chi connectivity index (χ3n) is 2.44. The number of sulfone groups is 1. The Morgan fingerprint density at radius 2 is 1.93 bits per heavy atom. The molecule has 1 heterocycles. The minimum absolute atomic E-state index is 0.00625. The van der Waals surface area contributed by atoms with E-state index in [1.807, 2.05) is 6.92 Å². The molecule has 0 atom stereocenters. The summed E-state index contributed by atoms with van der Waals surface area (Å²) in [6.45, 7) is 1.89. The zero-order valence-corrected chi connectivity index (χ0v) is 9.66. The van der Waals surface area contributed by atoms with Gasteiger partial charge in [0.15, 0.2) is 0 Å². The van der Waals surface area contributed by atoms with Gasteiger partial charge in [-0.15, -0.1) is 11.8 Å². The lowest BCUT2D eigenvalue weighted by atomic mass is 10.0. The van der Waals surface area contributed by atoms with E-state index in [4.69, 9.17) is 5.11 Å². The topological polar surface area (TPSA) is 71.4 Å². The molecule has 1 fully saturated rings. The van der Waals surface area contributed by atoms with Crippen LogP contribution in [0.15, 0.2) is 0 Å². The van der Waals surface area contributed by atoms with Gasteiger partial charge in [-0.3, -0.25) is 4.79 Å². The van der Waals surface area contributed by atoms with Gasteiger partial charge >= 0.3 is 5.97 Å². The number of carboxylic acids is 1. The number of carbonyl (C=O) groups is 1. The highest BCUT2D eigenvalue weighted by Gasteiger charge is 2.43. The average molecular weight is 238 g/mol. The Bertz CT molecular complexity index is 306. The van der Waals surface area contributed by atoms with Crippen LogP contribution in [0.5, 0.6) is 0 Å². The highest BCUT2D eigenvalue weighted by atomic mass is 32.2. The van der Waals surface area contributed by atoms with E-state index in [0.29, 0.717) is 5.75 Å². The van der Waals surface area contributed by atoms with E-state index in [2.05, 4.69) is 0 Å². The van der Waals surface area contributed by atoms with E-state index in [1.165, 1.54) is 11.8 Å². The van der Waals surface area contributed by atoms with Gasteiger partial charge in [-0.1, -0.05) is 6.92 Å². The first-order chi connectivity index (χ1) is 6.42. The lowest BCUT2D eigenvalue weighted by Crippen LogP contribution is -2.43. The molecule has 1 aliphatic heterocycles. The number of carboxylic acid groups (broad SMARTS) is 1. The fourth-order valence-corrected chi connectivity index (χ4v) is 4.51. The van der Waals surface area contributed by atoms with Gasteiger partial charge in [-0.2, -0.15) is 0 Å². The molecule has 0 aliphatic carbocycles. The van der Waals surface area contributed by atoms with E-state index in [9.17, 15) is 13.2 Å². The number of thioether (sulfide) groups is 1. The minimum atomic E-state index is -2.98. The van der Waals surface area contributed by atoms with Gasteiger partial charge in [-0.25, -0.2) is 8.42 Å². The first-order valence-corrected chi connectivity index (χ1v) is 7.30. The normalized spacial score (nSPS) is 24.4. The van der Waals surface area contributed by atoms with Crippen LogP contribution in [0.25, 0.3) is 0 Å². The average Bonchev–Trinajstić information content (AvgIpc) is 2.09. The zero-order chi connectivity index (χ0) is 10.8. The molecule has 0 spiro atoms. The van der Waals surface area contributed by atoms with Crippen LogP contribution in [-0.4, -0.2) is 41.5 Å². The first-order valence-electron chi connectivity index (χ1n) is 4.50. The molecule has 14 heavy (non-hydrogen) atoms. The van der Waals surface area contributed by atoms with Crippen LogP contribution >= 0.6 is 11.8 Å². The summed E-state index contributed by atoms with van der Waals surface area (Å²) < 4.78 is 21.5. The number of hydrogen-bond acceptors (Lipinski definition) is 4. The number of hydrogen-bond donors (Lipinski definition) is 1. The molecule has 0 unspecified atom stereocenters. The molecule has 1 aliphatic rings. The maximum absolute atomic E-state index is 11.2. The summed E-state index contributed by atoms with van der Waals surface area (Å²) in [6, 6.07) is 0. The van der Waals surface area contributed by atoms with Crippen LogP contribution in [0, 0.1) is 0 Å². The predicted octanol–water partition coefficient (Wildman–Crippen LogP) is 0.771. The minimum Gasteiger partial charge on any atom is -0.480 e. The van der Waals surface area contributed by atoms with Crippen LogP contribution in [0.3, 0.4) is 0 Å². The van der Waals surface area contributed by atoms with Crippen LogP contribution in [0.2, 0.25) is 0 Å². The Kier molecular flexibility index (Phi) is 3.47. The summed E-state index contributed by atoms with van der Waals surface area (Å²) >= 11 is 1.34. The maximum atomic E-state index is 11.2. The van der Waals surface area contributed by atoms with Gasteiger partial charge in [0.1, 0.15) is 14.6 Å². The monoisotopic (exact) mass is 238 g/mol. The van der Waals surface area contributed by atoms with Crippen molar-refractivity contribution in [1.29, 1.82) is 0 Å². The van der Waals surface area contributed by atoms with E-state index in [-0.39, 0.29) is 24.3 Å². The Labute approximate surface area is 88.0 Å². The Balaban J connectivity index is 2.79. The summed E-state index contributed by atoms with van der Waals surface area (Å²) in [5, 5.41) is 9.07. The highest BCUT2D eigenvalue weighted by Crippen LogP contribution is 2.37. The second-order valence-electron chi connectivity index (χ2n) is 3.38. The van der Waals surface area contributed by atoms with Crippen molar-refractivity contribution >= 4 is 27.6 Å². The highest BCUT2D eigenvalue weighted by molar-refractivity contribution is 8.01. The predicted molar refractivity (Wildman–Crippen MR) is 56.4 cm³/mol. The fraction of sp³-hybridized carbons (Fsp3) is 0.875. The molecule has 4 nitrogen and oxygen atoms in total. The van der Waals surface area contributed by atoms with Gasteiger partial charge in [-0.05, 0) is 18.6 Å². The molecule has 1 N–H and O–H groups in total. The summed E-state index contributed by atoms with van der Waals surface area (Å²) in [5.74, 6) is -0.162. The van der Waals surface area contributed by atoms with Crippen LogP contribution < -0.4 is 0 Å². The molecule has 1 rings (SSSR count). The first kappa shape index (κ1) is 11.8. The second kappa shape index (κ2) is 4.10. The summed E-state index contributed by atoms with van der Waals surface area (Å²) in [6.07, 6.45) is 0.479.